The first-order valence-electron chi connectivity index (χ1n) is 14.7. The summed E-state index contributed by atoms with van der Waals surface area (Å²) in [6, 6.07) is 22.8. The second kappa shape index (κ2) is 12.7. The predicted molar refractivity (Wildman–Crippen MR) is 173 cm³/mol. The third-order valence-corrected chi connectivity index (χ3v) is 11.1. The number of amidine groups is 1. The summed E-state index contributed by atoms with van der Waals surface area (Å²) in [6.07, 6.45) is 0.331. The summed E-state index contributed by atoms with van der Waals surface area (Å²) in [5, 5.41) is 1.28. The van der Waals surface area contributed by atoms with E-state index >= 15 is 0 Å². The second-order valence-corrected chi connectivity index (χ2v) is 13.7. The number of rotatable bonds is 5. The van der Waals surface area contributed by atoms with Crippen molar-refractivity contribution >= 4 is 39.5 Å². The summed E-state index contributed by atoms with van der Waals surface area (Å²) in [7, 11) is 0. The van der Waals surface area contributed by atoms with E-state index in [1.54, 1.807) is 36.0 Å². The highest BCUT2D eigenvalue weighted by molar-refractivity contribution is 8.14. The Morgan fingerprint density at radius 2 is 1.30 bits per heavy atom. The maximum Gasteiger partial charge on any atom is 0.169 e. The molecule has 0 unspecified atom stereocenters. The van der Waals surface area contributed by atoms with Crippen molar-refractivity contribution < 1.29 is 23.0 Å². The zero-order chi connectivity index (χ0) is 30.9. The van der Waals surface area contributed by atoms with Crippen molar-refractivity contribution in [1.29, 1.82) is 0 Å². The van der Waals surface area contributed by atoms with Crippen molar-refractivity contribution in [3.8, 4) is 0 Å². The molecule has 4 heterocycles. The quantitative estimate of drug-likeness (QED) is 0.319. The van der Waals surface area contributed by atoms with Gasteiger partial charge in [-0.2, -0.15) is 0 Å². The minimum absolute atomic E-state index is 0.0113. The first-order chi connectivity index (χ1) is 21.2. The van der Waals surface area contributed by atoms with E-state index in [2.05, 4.69) is 4.99 Å². The molecule has 0 aliphatic carbocycles. The zero-order valence-electron chi connectivity index (χ0n) is 24.6. The molecule has 0 radical (unpaired) electrons. The molecule has 6 nitrogen and oxygen atoms in total. The van der Waals surface area contributed by atoms with Crippen molar-refractivity contribution in [3.05, 3.63) is 107 Å². The number of ether oxygens (including phenoxy) is 2. The number of halogens is 2. The third kappa shape index (κ3) is 5.73. The number of carbonyl (C=O) groups excluding carboxylic acids is 1. The van der Waals surface area contributed by atoms with Crippen molar-refractivity contribution in [2.75, 3.05) is 24.7 Å². The fourth-order valence-electron chi connectivity index (χ4n) is 6.62. The minimum Gasteiger partial charge on any atom is -0.379 e. The Hall–Kier alpha value is -3.05. The van der Waals surface area contributed by atoms with Crippen LogP contribution in [0.5, 0.6) is 0 Å². The van der Waals surface area contributed by atoms with Gasteiger partial charge < -0.3 is 15.2 Å². The van der Waals surface area contributed by atoms with E-state index in [1.165, 1.54) is 23.9 Å². The molecule has 3 aromatic carbocycles. The van der Waals surface area contributed by atoms with Gasteiger partial charge in [0.2, 0.25) is 0 Å². The molecule has 0 aromatic heterocycles. The number of nitrogens with two attached hydrogens (primary N) is 1. The van der Waals surface area contributed by atoms with Crippen molar-refractivity contribution in [3.63, 3.8) is 0 Å². The number of carbonyl (C=O) groups is 1. The summed E-state index contributed by atoms with van der Waals surface area (Å²) in [5.41, 5.74) is 6.31. The lowest BCUT2D eigenvalue weighted by Gasteiger charge is -2.36. The molecule has 4 aliphatic heterocycles. The van der Waals surface area contributed by atoms with Crippen LogP contribution in [-0.4, -0.2) is 52.9 Å². The topological polar surface area (TPSA) is 86.3 Å². The number of benzene rings is 3. The van der Waals surface area contributed by atoms with Gasteiger partial charge in [-0.1, -0.05) is 78.5 Å². The van der Waals surface area contributed by atoms with E-state index in [-0.39, 0.29) is 47.9 Å². The molecule has 230 valence electrons. The SMILES string of the molecule is C[C@H]1OC[C@]2(c3ccccc3F)N=C(CC(=O)c3ccccc3)SC[C@H]12.C[C@H]1OC[C@]2(c3ccccc3F)N=C(N)SC[C@H]12. The van der Waals surface area contributed by atoms with Crippen LogP contribution in [0.25, 0.3) is 0 Å². The lowest BCUT2D eigenvalue weighted by Crippen LogP contribution is -2.41. The Morgan fingerprint density at radius 1 is 0.795 bits per heavy atom. The number of nitrogens with zero attached hydrogens (tertiary/aromatic N) is 2. The number of Topliss-reactive ketones (excluding diaryl/α,β-unsaturated/α-hetero) is 1. The number of fused-ring (bicyclic) bond motifs is 2. The van der Waals surface area contributed by atoms with Crippen LogP contribution in [0.2, 0.25) is 0 Å². The summed E-state index contributed by atoms with van der Waals surface area (Å²) in [4.78, 5) is 22.0. The molecule has 44 heavy (non-hydrogen) atoms. The van der Waals surface area contributed by atoms with E-state index in [0.29, 0.717) is 35.1 Å². The Bertz CT molecular complexity index is 1590. The summed E-state index contributed by atoms with van der Waals surface area (Å²) in [5.74, 6) is 1.40. The highest BCUT2D eigenvalue weighted by Gasteiger charge is 2.53. The van der Waals surface area contributed by atoms with Gasteiger partial charge in [0.15, 0.2) is 11.0 Å². The van der Waals surface area contributed by atoms with Crippen LogP contribution in [0, 0.1) is 23.5 Å². The number of thioether (sulfide) groups is 2. The first kappa shape index (κ1) is 31.0. The molecule has 3 aromatic rings. The van der Waals surface area contributed by atoms with E-state index in [0.717, 1.165) is 16.5 Å². The fourth-order valence-corrected chi connectivity index (χ4v) is 9.12. The Kier molecular flexibility index (Phi) is 8.97. The van der Waals surface area contributed by atoms with Crippen LogP contribution in [0.1, 0.15) is 41.8 Å². The van der Waals surface area contributed by atoms with Gasteiger partial charge in [0, 0.05) is 40.0 Å². The molecular formula is C34H35F2N3O3S2. The largest absolute Gasteiger partial charge is 0.379 e. The van der Waals surface area contributed by atoms with Crippen LogP contribution < -0.4 is 5.73 Å². The molecule has 2 N–H and O–H groups in total. The highest BCUT2D eigenvalue weighted by atomic mass is 32.2. The van der Waals surface area contributed by atoms with Gasteiger partial charge in [0.1, 0.15) is 22.7 Å². The molecule has 4 aliphatic rings. The van der Waals surface area contributed by atoms with Gasteiger partial charge in [-0.3, -0.25) is 9.79 Å². The zero-order valence-corrected chi connectivity index (χ0v) is 26.3. The fraction of sp³-hybridized carbons (Fsp3) is 0.382. The Morgan fingerprint density at radius 3 is 1.86 bits per heavy atom. The number of hydrogen-bond donors (Lipinski definition) is 1. The predicted octanol–water partition coefficient (Wildman–Crippen LogP) is 6.59. The van der Waals surface area contributed by atoms with Gasteiger partial charge in [0.05, 0.1) is 36.9 Å². The average Bonchev–Trinajstić information content (AvgIpc) is 3.55. The van der Waals surface area contributed by atoms with E-state index < -0.39 is 11.1 Å². The first-order valence-corrected chi connectivity index (χ1v) is 16.7. The lowest BCUT2D eigenvalue weighted by atomic mass is 9.79. The average molecular weight is 636 g/mol. The van der Waals surface area contributed by atoms with Crippen LogP contribution in [-0.2, 0) is 20.6 Å². The number of hydrogen-bond acceptors (Lipinski definition) is 8. The van der Waals surface area contributed by atoms with Gasteiger partial charge in [-0.15, -0.1) is 11.8 Å². The van der Waals surface area contributed by atoms with E-state index in [4.69, 9.17) is 20.2 Å². The van der Waals surface area contributed by atoms with Crippen molar-refractivity contribution in [2.45, 2.75) is 43.6 Å². The molecule has 0 saturated carbocycles. The molecule has 6 atom stereocenters. The standard InChI is InChI=1S/C21H20FNO2S.C13H15FN2OS/c1-14-17-12-26-20(11-19(24)15-7-3-2-4-8-15)23-21(17,13-25-14)16-9-5-6-10-18(16)22;1-8-10-6-18-12(15)16-13(10,7-17-8)9-4-2-3-5-11(9)14/h2-10,14,17H,11-13H2,1H3;2-5,8,10H,6-7H2,1H3,(H2,15,16)/t14-,17-,21-;8-,10-,13-/m11/s1. The van der Waals surface area contributed by atoms with Crippen LogP contribution in [0.3, 0.4) is 0 Å². The number of aliphatic imine (C=N–C) groups is 2. The summed E-state index contributed by atoms with van der Waals surface area (Å²) >= 11 is 3.11. The Balaban J connectivity index is 0.000000167. The van der Waals surface area contributed by atoms with Crippen LogP contribution >= 0.6 is 23.5 Å². The maximum absolute atomic E-state index is 14.6. The molecule has 0 amide bonds. The summed E-state index contributed by atoms with van der Waals surface area (Å²) in [6.45, 7) is 4.79. The Labute approximate surface area is 264 Å². The molecule has 0 spiro atoms. The number of ketones is 1. The summed E-state index contributed by atoms with van der Waals surface area (Å²) < 4.78 is 40.3. The van der Waals surface area contributed by atoms with Gasteiger partial charge in [0.25, 0.3) is 0 Å². The minimum atomic E-state index is -0.734. The third-order valence-electron chi connectivity index (χ3n) is 9.05. The molecule has 0 bridgehead atoms. The molecular weight excluding hydrogens is 601 g/mol. The van der Waals surface area contributed by atoms with Crippen LogP contribution in [0.15, 0.2) is 88.8 Å². The molecule has 10 heteroatoms. The van der Waals surface area contributed by atoms with Gasteiger partial charge in [-0.05, 0) is 26.0 Å². The van der Waals surface area contributed by atoms with Gasteiger partial charge >= 0.3 is 0 Å². The molecule has 2 saturated heterocycles. The normalized spacial score (nSPS) is 30.7. The molecule has 7 rings (SSSR count). The smallest absolute Gasteiger partial charge is 0.169 e. The highest BCUT2D eigenvalue weighted by Crippen LogP contribution is 2.49. The van der Waals surface area contributed by atoms with E-state index in [1.807, 2.05) is 56.3 Å². The van der Waals surface area contributed by atoms with Gasteiger partial charge in [-0.25, -0.2) is 13.8 Å². The second-order valence-electron chi connectivity index (χ2n) is 11.6. The van der Waals surface area contributed by atoms with Crippen LogP contribution in [0.4, 0.5) is 8.78 Å². The lowest BCUT2D eigenvalue weighted by molar-refractivity contribution is 0.1000. The molecule has 2 fully saturated rings. The monoisotopic (exact) mass is 635 g/mol. The maximum atomic E-state index is 14.6. The van der Waals surface area contributed by atoms with Crippen molar-refractivity contribution in [1.82, 2.24) is 0 Å². The van der Waals surface area contributed by atoms with E-state index in [9.17, 15) is 13.6 Å². The van der Waals surface area contributed by atoms with Crippen molar-refractivity contribution in [2.24, 2.45) is 27.6 Å².